The van der Waals surface area contributed by atoms with Gasteiger partial charge < -0.3 is 20.1 Å². The molecular formula is C30H48Cl2N2O3. The van der Waals surface area contributed by atoms with Gasteiger partial charge in [0.25, 0.3) is 0 Å². The first-order valence-electron chi connectivity index (χ1n) is 14.6. The number of nitrogens with one attached hydrogen (secondary N) is 1. The Balaban J connectivity index is 1.71. The van der Waals surface area contributed by atoms with Crippen molar-refractivity contribution >= 4 is 29.1 Å². The number of halogens is 2. The lowest BCUT2D eigenvalue weighted by Gasteiger charge is -2.43. The zero-order chi connectivity index (χ0) is 26.7. The number of benzene rings is 1. The largest absolute Gasteiger partial charge is 0.385 e. The van der Waals surface area contributed by atoms with Gasteiger partial charge >= 0.3 is 0 Å². The minimum Gasteiger partial charge on any atom is -0.385 e. The Labute approximate surface area is 234 Å². The highest BCUT2D eigenvalue weighted by molar-refractivity contribution is 6.42. The molecule has 7 heteroatoms. The summed E-state index contributed by atoms with van der Waals surface area (Å²) in [6.45, 7) is 5.56. The number of likely N-dealkylation sites (tertiary alicyclic amines) is 1. The van der Waals surface area contributed by atoms with Crippen LogP contribution in [-0.2, 0) is 15.1 Å². The van der Waals surface area contributed by atoms with Crippen LogP contribution in [0.3, 0.4) is 0 Å². The van der Waals surface area contributed by atoms with Crippen molar-refractivity contribution in [3.05, 3.63) is 33.8 Å². The molecule has 1 saturated heterocycles. The molecule has 0 aromatic heterocycles. The number of hydrogen-bond acceptors (Lipinski definition) is 4. The number of ether oxygens (including phenoxy) is 1. The molecule has 3 atom stereocenters. The van der Waals surface area contributed by atoms with Crippen LogP contribution in [0.25, 0.3) is 0 Å². The first kappa shape index (κ1) is 30.7. The Kier molecular flexibility index (Phi) is 13.0. The number of rotatable bonds is 14. The van der Waals surface area contributed by atoms with Gasteiger partial charge in [-0.25, -0.2) is 0 Å². The fourth-order valence-electron chi connectivity index (χ4n) is 6.53. The van der Waals surface area contributed by atoms with E-state index < -0.39 is 5.60 Å². The number of nitrogens with zero attached hydrogens (tertiary/aromatic N) is 1. The van der Waals surface area contributed by atoms with Crippen LogP contribution in [0.15, 0.2) is 18.2 Å². The molecule has 1 aliphatic heterocycles. The molecule has 1 aromatic rings. The highest BCUT2D eigenvalue weighted by Crippen LogP contribution is 2.44. The fourth-order valence-corrected chi connectivity index (χ4v) is 7.00. The number of aliphatic hydroxyl groups is 1. The maximum Gasteiger partial charge on any atom is 0.222 e. The van der Waals surface area contributed by atoms with Crippen molar-refractivity contribution in [3.63, 3.8) is 0 Å². The SMILES string of the molecule is CCOCCCC[C@@](O)(c1cccc(Cl)c1Cl)[C@@H]1CCCN(C(=O)C[C@H](CNC)CC2CCCCC2)C1. The summed E-state index contributed by atoms with van der Waals surface area (Å²) in [6.07, 6.45) is 12.3. The van der Waals surface area contributed by atoms with Crippen molar-refractivity contribution in [1.29, 1.82) is 0 Å². The summed E-state index contributed by atoms with van der Waals surface area (Å²) in [5.41, 5.74) is -0.456. The van der Waals surface area contributed by atoms with Crippen molar-refractivity contribution in [2.45, 2.75) is 89.6 Å². The predicted octanol–water partition coefficient (Wildman–Crippen LogP) is 6.82. The third kappa shape index (κ3) is 8.83. The van der Waals surface area contributed by atoms with Crippen molar-refractivity contribution in [2.24, 2.45) is 17.8 Å². The molecule has 37 heavy (non-hydrogen) atoms. The molecule has 2 fully saturated rings. The maximum atomic E-state index is 13.5. The van der Waals surface area contributed by atoms with E-state index in [9.17, 15) is 9.90 Å². The normalized spacial score (nSPS) is 21.5. The van der Waals surface area contributed by atoms with Crippen molar-refractivity contribution in [3.8, 4) is 0 Å². The van der Waals surface area contributed by atoms with E-state index in [2.05, 4.69) is 5.32 Å². The van der Waals surface area contributed by atoms with Crippen LogP contribution < -0.4 is 5.32 Å². The number of carbonyl (C=O) groups is 1. The van der Waals surface area contributed by atoms with Crippen LogP contribution in [0.4, 0.5) is 0 Å². The van der Waals surface area contributed by atoms with Gasteiger partial charge in [0, 0.05) is 44.2 Å². The average molecular weight is 556 g/mol. The lowest BCUT2D eigenvalue weighted by Crippen LogP contribution is -2.48. The zero-order valence-corrected chi connectivity index (χ0v) is 24.5. The van der Waals surface area contributed by atoms with E-state index in [1.165, 1.54) is 32.1 Å². The molecule has 2 N–H and O–H groups in total. The molecule has 0 spiro atoms. The van der Waals surface area contributed by atoms with E-state index in [0.29, 0.717) is 54.1 Å². The monoisotopic (exact) mass is 554 g/mol. The van der Waals surface area contributed by atoms with E-state index in [4.69, 9.17) is 27.9 Å². The topological polar surface area (TPSA) is 61.8 Å². The molecule has 0 unspecified atom stereocenters. The number of carbonyl (C=O) groups excluding carboxylic acids is 1. The lowest BCUT2D eigenvalue weighted by atomic mass is 9.74. The summed E-state index contributed by atoms with van der Waals surface area (Å²) in [4.78, 5) is 15.5. The minimum absolute atomic E-state index is 0.0886. The fraction of sp³-hybridized carbons (Fsp3) is 0.767. The van der Waals surface area contributed by atoms with Crippen LogP contribution in [0.1, 0.15) is 89.5 Å². The number of piperidine rings is 1. The Morgan fingerprint density at radius 1 is 1.19 bits per heavy atom. The molecule has 5 nitrogen and oxygen atoms in total. The van der Waals surface area contributed by atoms with E-state index in [-0.39, 0.29) is 11.8 Å². The summed E-state index contributed by atoms with van der Waals surface area (Å²) in [7, 11) is 1.98. The highest BCUT2D eigenvalue weighted by atomic mass is 35.5. The predicted molar refractivity (Wildman–Crippen MR) is 153 cm³/mol. The van der Waals surface area contributed by atoms with Gasteiger partial charge in [-0.15, -0.1) is 0 Å². The van der Waals surface area contributed by atoms with Gasteiger partial charge in [-0.1, -0.05) is 67.4 Å². The van der Waals surface area contributed by atoms with E-state index in [1.807, 2.05) is 31.0 Å². The minimum atomic E-state index is -1.14. The van der Waals surface area contributed by atoms with Gasteiger partial charge in [0.15, 0.2) is 0 Å². The molecule has 3 rings (SSSR count). The first-order valence-corrected chi connectivity index (χ1v) is 15.3. The third-order valence-corrected chi connectivity index (χ3v) is 9.33. The molecule has 0 radical (unpaired) electrons. The van der Waals surface area contributed by atoms with Crippen LogP contribution in [0.2, 0.25) is 10.0 Å². The highest BCUT2D eigenvalue weighted by Gasteiger charge is 2.42. The summed E-state index contributed by atoms with van der Waals surface area (Å²) < 4.78 is 5.52. The summed E-state index contributed by atoms with van der Waals surface area (Å²) >= 11 is 13.0. The quantitative estimate of drug-likeness (QED) is 0.247. The number of unbranched alkanes of at least 4 members (excludes halogenated alkanes) is 1. The van der Waals surface area contributed by atoms with Crippen molar-refractivity contribution in [2.75, 3.05) is 39.9 Å². The molecular weight excluding hydrogens is 507 g/mol. The van der Waals surface area contributed by atoms with Crippen LogP contribution in [-0.4, -0.2) is 55.8 Å². The van der Waals surface area contributed by atoms with E-state index in [0.717, 1.165) is 51.1 Å². The standard InChI is InChI=1S/C30H48Cl2N2O3/c1-3-37-18-8-7-16-30(36,26-14-9-15-27(31)29(26)32)25-13-10-17-34(22-25)28(35)20-24(21-33-2)19-23-11-5-4-6-12-23/h9,14-15,23-25,33,36H,3-8,10-13,16-22H2,1-2H3/t24-,25-,30+/m1/s1. The number of amides is 1. The Hall–Kier alpha value is -0.850. The molecule has 1 heterocycles. The van der Waals surface area contributed by atoms with Crippen LogP contribution >= 0.6 is 23.2 Å². The summed E-state index contributed by atoms with van der Waals surface area (Å²) in [5.74, 6) is 1.24. The van der Waals surface area contributed by atoms with Crippen molar-refractivity contribution in [1.82, 2.24) is 10.2 Å². The second-order valence-electron chi connectivity index (χ2n) is 11.2. The van der Waals surface area contributed by atoms with Gasteiger partial charge in [-0.2, -0.15) is 0 Å². The molecule has 1 saturated carbocycles. The first-order chi connectivity index (χ1) is 17.9. The zero-order valence-electron chi connectivity index (χ0n) is 23.0. The maximum absolute atomic E-state index is 13.5. The van der Waals surface area contributed by atoms with Crippen LogP contribution in [0.5, 0.6) is 0 Å². The van der Waals surface area contributed by atoms with E-state index >= 15 is 0 Å². The van der Waals surface area contributed by atoms with Gasteiger partial charge in [-0.3, -0.25) is 4.79 Å². The molecule has 1 aliphatic carbocycles. The average Bonchev–Trinajstić information content (AvgIpc) is 2.90. The molecule has 1 aromatic carbocycles. The van der Waals surface area contributed by atoms with Gasteiger partial charge in [-0.05, 0) is 76.9 Å². The second-order valence-corrected chi connectivity index (χ2v) is 12.0. The Morgan fingerprint density at radius 3 is 2.70 bits per heavy atom. The second kappa shape index (κ2) is 15.7. The molecule has 1 amide bonds. The van der Waals surface area contributed by atoms with Gasteiger partial charge in [0.2, 0.25) is 5.91 Å². The van der Waals surface area contributed by atoms with Gasteiger partial charge in [0.05, 0.1) is 15.6 Å². The Morgan fingerprint density at radius 2 is 1.97 bits per heavy atom. The smallest absolute Gasteiger partial charge is 0.222 e. The third-order valence-electron chi connectivity index (χ3n) is 8.52. The summed E-state index contributed by atoms with van der Waals surface area (Å²) in [5, 5.41) is 16.4. The number of hydrogen-bond donors (Lipinski definition) is 2. The molecule has 210 valence electrons. The van der Waals surface area contributed by atoms with Crippen molar-refractivity contribution < 1.29 is 14.6 Å². The Bertz CT molecular complexity index is 833. The molecule has 2 aliphatic rings. The summed E-state index contributed by atoms with van der Waals surface area (Å²) in [6, 6.07) is 5.51. The van der Waals surface area contributed by atoms with Gasteiger partial charge in [0.1, 0.15) is 0 Å². The van der Waals surface area contributed by atoms with E-state index in [1.54, 1.807) is 6.07 Å². The lowest BCUT2D eigenvalue weighted by molar-refractivity contribution is -0.138. The molecule has 0 bridgehead atoms. The van der Waals surface area contributed by atoms with Crippen LogP contribution in [0, 0.1) is 17.8 Å².